The summed E-state index contributed by atoms with van der Waals surface area (Å²) in [6.07, 6.45) is 1.80. The van der Waals surface area contributed by atoms with Crippen molar-refractivity contribution in [3.05, 3.63) is 11.6 Å². The highest BCUT2D eigenvalue weighted by molar-refractivity contribution is 6.25. The molecule has 0 aliphatic rings. The van der Waals surface area contributed by atoms with Gasteiger partial charge in [-0.05, 0) is 6.92 Å². The first-order chi connectivity index (χ1) is 4.31. The van der Waals surface area contributed by atoms with E-state index < -0.39 is 0 Å². The van der Waals surface area contributed by atoms with Crippen molar-refractivity contribution in [1.82, 2.24) is 0 Å². The minimum Gasteiger partial charge on any atom is -0.466 e. The first-order valence-electron chi connectivity index (χ1n) is 2.72. The number of hydrogen-bond donors (Lipinski definition) is 0. The van der Waals surface area contributed by atoms with E-state index in [0.29, 0.717) is 6.61 Å². The highest BCUT2D eigenvalue weighted by Gasteiger charge is 1.94. The number of hydrogen-bond acceptors (Lipinski definition) is 2. The molecule has 0 saturated heterocycles. The number of halogens is 1. The molecule has 0 unspecified atom stereocenters. The SMILES string of the molecule is CCOC(=O)C/C=C/Cl. The molecule has 0 spiro atoms. The van der Waals surface area contributed by atoms with Crippen LogP contribution in [-0.4, -0.2) is 12.6 Å². The molecule has 2 nitrogen and oxygen atoms in total. The van der Waals surface area contributed by atoms with Crippen molar-refractivity contribution in [2.45, 2.75) is 13.3 Å². The number of carbonyl (C=O) groups is 1. The van der Waals surface area contributed by atoms with Gasteiger partial charge in [-0.25, -0.2) is 0 Å². The van der Waals surface area contributed by atoms with Gasteiger partial charge in [0.15, 0.2) is 0 Å². The van der Waals surface area contributed by atoms with Crippen molar-refractivity contribution in [3.8, 4) is 0 Å². The summed E-state index contributed by atoms with van der Waals surface area (Å²) < 4.78 is 4.60. The van der Waals surface area contributed by atoms with Crippen molar-refractivity contribution < 1.29 is 9.53 Å². The van der Waals surface area contributed by atoms with Crippen LogP contribution < -0.4 is 0 Å². The van der Waals surface area contributed by atoms with E-state index in [0.717, 1.165) is 0 Å². The fourth-order valence-electron chi connectivity index (χ4n) is 0.361. The summed E-state index contributed by atoms with van der Waals surface area (Å²) in [4.78, 5) is 10.5. The van der Waals surface area contributed by atoms with Crippen molar-refractivity contribution in [3.63, 3.8) is 0 Å². The van der Waals surface area contributed by atoms with E-state index in [4.69, 9.17) is 11.6 Å². The van der Waals surface area contributed by atoms with Crippen LogP contribution in [0.15, 0.2) is 11.6 Å². The molecule has 0 aliphatic carbocycles. The molecular formula is C6H9ClO2. The highest BCUT2D eigenvalue weighted by atomic mass is 35.5. The molecule has 0 amide bonds. The molecule has 3 heteroatoms. The molecule has 0 aromatic heterocycles. The molecule has 0 atom stereocenters. The van der Waals surface area contributed by atoms with E-state index in [2.05, 4.69) is 4.74 Å². The van der Waals surface area contributed by atoms with Crippen molar-refractivity contribution in [2.24, 2.45) is 0 Å². The van der Waals surface area contributed by atoms with Crippen molar-refractivity contribution in [2.75, 3.05) is 6.61 Å². The lowest BCUT2D eigenvalue weighted by molar-refractivity contribution is -0.142. The molecule has 52 valence electrons. The molecule has 0 saturated carbocycles. The Kier molecular flexibility index (Phi) is 5.32. The van der Waals surface area contributed by atoms with Crippen LogP contribution in [0.4, 0.5) is 0 Å². The Morgan fingerprint density at radius 2 is 2.44 bits per heavy atom. The second-order valence-corrected chi connectivity index (χ2v) is 1.62. The van der Waals surface area contributed by atoms with Crippen molar-refractivity contribution in [1.29, 1.82) is 0 Å². The number of esters is 1. The van der Waals surface area contributed by atoms with E-state index in [1.54, 1.807) is 13.0 Å². The standard InChI is InChI=1S/C6H9ClO2/c1-2-9-6(8)4-3-5-7/h3,5H,2,4H2,1H3/b5-3+. The average molecular weight is 149 g/mol. The summed E-state index contributed by atoms with van der Waals surface area (Å²) in [6, 6.07) is 0. The van der Waals surface area contributed by atoms with Gasteiger partial charge in [-0.2, -0.15) is 0 Å². The van der Waals surface area contributed by atoms with Gasteiger partial charge in [0, 0.05) is 5.54 Å². The van der Waals surface area contributed by atoms with Crippen molar-refractivity contribution >= 4 is 17.6 Å². The summed E-state index contributed by atoms with van der Waals surface area (Å²) in [7, 11) is 0. The van der Waals surface area contributed by atoms with Gasteiger partial charge in [0.1, 0.15) is 0 Å². The van der Waals surface area contributed by atoms with E-state index in [1.165, 1.54) is 5.54 Å². The molecule has 9 heavy (non-hydrogen) atoms. The van der Waals surface area contributed by atoms with Crippen LogP contribution in [0.25, 0.3) is 0 Å². The Morgan fingerprint density at radius 1 is 1.78 bits per heavy atom. The zero-order chi connectivity index (χ0) is 7.11. The van der Waals surface area contributed by atoms with Crippen LogP contribution in [0.2, 0.25) is 0 Å². The predicted octanol–water partition coefficient (Wildman–Crippen LogP) is 1.69. The molecule has 0 fully saturated rings. The molecule has 0 aliphatic heterocycles. The van der Waals surface area contributed by atoms with Gasteiger partial charge in [-0.1, -0.05) is 17.7 Å². The summed E-state index contributed by atoms with van der Waals surface area (Å²) >= 11 is 5.16. The van der Waals surface area contributed by atoms with Crippen LogP contribution in [0.3, 0.4) is 0 Å². The molecular weight excluding hydrogens is 140 g/mol. The van der Waals surface area contributed by atoms with Gasteiger partial charge in [-0.3, -0.25) is 4.79 Å². The minimum absolute atomic E-state index is 0.241. The summed E-state index contributed by atoms with van der Waals surface area (Å²) in [5.74, 6) is -0.241. The minimum atomic E-state index is -0.241. The normalized spacial score (nSPS) is 10.0. The van der Waals surface area contributed by atoms with Gasteiger partial charge >= 0.3 is 5.97 Å². The van der Waals surface area contributed by atoms with Gasteiger partial charge < -0.3 is 4.74 Å². The van der Waals surface area contributed by atoms with Gasteiger partial charge in [-0.15, -0.1) is 0 Å². The summed E-state index contributed by atoms with van der Waals surface area (Å²) in [5, 5.41) is 0. The third-order valence-electron chi connectivity index (χ3n) is 0.679. The Bertz CT molecular complexity index is 110. The van der Waals surface area contributed by atoms with Crippen LogP contribution in [0, 0.1) is 0 Å². The van der Waals surface area contributed by atoms with Gasteiger partial charge in [0.05, 0.1) is 13.0 Å². The lowest BCUT2D eigenvalue weighted by atomic mass is 10.4. The molecule has 0 aromatic rings. The maximum Gasteiger partial charge on any atom is 0.309 e. The zero-order valence-corrected chi connectivity index (χ0v) is 6.02. The summed E-state index contributed by atoms with van der Waals surface area (Å²) in [5.41, 5.74) is 1.30. The predicted molar refractivity (Wildman–Crippen MR) is 36.2 cm³/mol. The van der Waals surface area contributed by atoms with E-state index >= 15 is 0 Å². The Morgan fingerprint density at radius 3 is 2.89 bits per heavy atom. The fraction of sp³-hybridized carbons (Fsp3) is 0.500. The molecule has 0 radical (unpaired) electrons. The average Bonchev–Trinajstić information content (AvgIpc) is 1.85. The van der Waals surface area contributed by atoms with E-state index in [-0.39, 0.29) is 12.4 Å². The third-order valence-corrected chi connectivity index (χ3v) is 0.857. The van der Waals surface area contributed by atoms with Gasteiger partial charge in [0.25, 0.3) is 0 Å². The lowest BCUT2D eigenvalue weighted by Gasteiger charge is -1.94. The molecule has 0 rings (SSSR count). The third kappa shape index (κ3) is 5.37. The van der Waals surface area contributed by atoms with Crippen LogP contribution in [-0.2, 0) is 9.53 Å². The second kappa shape index (κ2) is 5.63. The first kappa shape index (κ1) is 8.50. The lowest BCUT2D eigenvalue weighted by Crippen LogP contribution is -2.01. The largest absolute Gasteiger partial charge is 0.466 e. The highest BCUT2D eigenvalue weighted by Crippen LogP contribution is 1.89. The molecule has 0 N–H and O–H groups in total. The quantitative estimate of drug-likeness (QED) is 0.570. The molecule has 0 aromatic carbocycles. The molecule has 0 heterocycles. The Balaban J connectivity index is 3.27. The smallest absolute Gasteiger partial charge is 0.309 e. The zero-order valence-electron chi connectivity index (χ0n) is 5.26. The van der Waals surface area contributed by atoms with Gasteiger partial charge in [0.2, 0.25) is 0 Å². The topological polar surface area (TPSA) is 26.3 Å². The monoisotopic (exact) mass is 148 g/mol. The van der Waals surface area contributed by atoms with Crippen LogP contribution in [0.5, 0.6) is 0 Å². The second-order valence-electron chi connectivity index (χ2n) is 1.37. The maximum atomic E-state index is 10.5. The number of carbonyl (C=O) groups excluding carboxylic acids is 1. The maximum absolute atomic E-state index is 10.5. The fourth-order valence-corrected chi connectivity index (χ4v) is 0.450. The molecule has 0 bridgehead atoms. The number of ether oxygens (including phenoxy) is 1. The Labute approximate surface area is 59.5 Å². The number of rotatable bonds is 3. The Hall–Kier alpha value is -0.500. The van der Waals surface area contributed by atoms with Crippen LogP contribution in [0.1, 0.15) is 13.3 Å². The summed E-state index contributed by atoms with van der Waals surface area (Å²) in [6.45, 7) is 2.19. The van der Waals surface area contributed by atoms with E-state index in [1.807, 2.05) is 0 Å². The van der Waals surface area contributed by atoms with E-state index in [9.17, 15) is 4.79 Å². The van der Waals surface area contributed by atoms with Crippen LogP contribution >= 0.6 is 11.6 Å². The first-order valence-corrected chi connectivity index (χ1v) is 3.15.